The molecule has 9 heteroatoms. The zero-order chi connectivity index (χ0) is 18.2. The van der Waals surface area contributed by atoms with Crippen molar-refractivity contribution in [2.75, 3.05) is 13.1 Å². The zero-order valence-corrected chi connectivity index (χ0v) is 14.0. The Morgan fingerprint density at radius 3 is 2.76 bits per heavy atom. The number of alkyl halides is 3. The maximum atomic E-state index is 12.8. The van der Waals surface area contributed by atoms with E-state index in [1.807, 2.05) is 13.8 Å². The number of piperidine rings is 1. The minimum atomic E-state index is -4.45. The normalized spacial score (nSPS) is 18.8. The highest BCUT2D eigenvalue weighted by Gasteiger charge is 2.35. The lowest BCUT2D eigenvalue weighted by Gasteiger charge is -2.32. The van der Waals surface area contributed by atoms with Crippen molar-refractivity contribution in [3.63, 3.8) is 0 Å². The van der Waals surface area contributed by atoms with Gasteiger partial charge in [0.25, 0.3) is 5.91 Å². The lowest BCUT2D eigenvalue weighted by molar-refractivity contribution is -0.141. The first-order chi connectivity index (χ1) is 11.8. The molecular weight excluding hydrogens is 335 g/mol. The van der Waals surface area contributed by atoms with E-state index < -0.39 is 11.9 Å². The highest BCUT2D eigenvalue weighted by Crippen LogP contribution is 2.31. The summed E-state index contributed by atoms with van der Waals surface area (Å²) in [7, 11) is 0. The third kappa shape index (κ3) is 3.54. The molecule has 3 heterocycles. The van der Waals surface area contributed by atoms with Gasteiger partial charge in [0.05, 0.1) is 23.7 Å². The first-order valence-electron chi connectivity index (χ1n) is 8.22. The largest absolute Gasteiger partial charge is 0.432 e. The fourth-order valence-corrected chi connectivity index (χ4v) is 3.15. The minimum absolute atomic E-state index is 0.126. The maximum absolute atomic E-state index is 12.8. The first-order valence-corrected chi connectivity index (χ1v) is 8.22. The number of aromatic nitrogens is 4. The molecule has 0 aromatic carbocycles. The van der Waals surface area contributed by atoms with Crippen molar-refractivity contribution in [2.45, 2.75) is 44.7 Å². The van der Waals surface area contributed by atoms with Gasteiger partial charge in [0.15, 0.2) is 0 Å². The Morgan fingerprint density at radius 1 is 1.36 bits per heavy atom. The van der Waals surface area contributed by atoms with Crippen molar-refractivity contribution in [2.24, 2.45) is 0 Å². The molecule has 2 N–H and O–H groups in total. The van der Waals surface area contributed by atoms with E-state index in [9.17, 15) is 18.0 Å². The Balaban J connectivity index is 1.76. The van der Waals surface area contributed by atoms with Crippen LogP contribution in [0.25, 0.3) is 0 Å². The summed E-state index contributed by atoms with van der Waals surface area (Å²) in [5.41, 5.74) is 0.429. The summed E-state index contributed by atoms with van der Waals surface area (Å²) in [4.78, 5) is 20.7. The van der Waals surface area contributed by atoms with Crippen LogP contribution in [0.3, 0.4) is 0 Å². The predicted octanol–water partition coefficient (Wildman–Crippen LogP) is 3.29. The summed E-state index contributed by atoms with van der Waals surface area (Å²) < 4.78 is 38.2. The summed E-state index contributed by atoms with van der Waals surface area (Å²) in [6, 6.07) is 0. The summed E-state index contributed by atoms with van der Waals surface area (Å²) in [5.74, 6) is 0.0236. The van der Waals surface area contributed by atoms with Gasteiger partial charge in [-0.15, -0.1) is 0 Å². The van der Waals surface area contributed by atoms with Crippen molar-refractivity contribution in [1.29, 1.82) is 0 Å². The molecule has 1 fully saturated rings. The SMILES string of the molecule is CC(C)c1[nH]ncc1C(=O)N1CCCC(c2ncc(C(F)(F)F)[nH]2)C1. The Labute approximate surface area is 142 Å². The van der Waals surface area contributed by atoms with Crippen LogP contribution in [0.5, 0.6) is 0 Å². The zero-order valence-electron chi connectivity index (χ0n) is 14.0. The van der Waals surface area contributed by atoms with Gasteiger partial charge in [0.1, 0.15) is 11.5 Å². The topological polar surface area (TPSA) is 77.7 Å². The number of hydrogen-bond donors (Lipinski definition) is 2. The Morgan fingerprint density at radius 2 is 2.12 bits per heavy atom. The molecule has 1 atom stereocenters. The molecule has 1 aliphatic rings. The molecule has 0 bridgehead atoms. The molecule has 1 amide bonds. The summed E-state index contributed by atoms with van der Waals surface area (Å²) in [6.45, 7) is 4.84. The molecule has 3 rings (SSSR count). The minimum Gasteiger partial charge on any atom is -0.338 e. The number of hydrogen-bond acceptors (Lipinski definition) is 3. The number of rotatable bonds is 3. The van der Waals surface area contributed by atoms with Gasteiger partial charge in [0, 0.05) is 19.0 Å². The molecule has 2 aromatic heterocycles. The van der Waals surface area contributed by atoms with Gasteiger partial charge in [-0.05, 0) is 18.8 Å². The van der Waals surface area contributed by atoms with Crippen LogP contribution in [0.2, 0.25) is 0 Å². The quantitative estimate of drug-likeness (QED) is 0.887. The molecule has 2 aromatic rings. The van der Waals surface area contributed by atoms with Crippen molar-refractivity contribution in [3.8, 4) is 0 Å². The summed E-state index contributed by atoms with van der Waals surface area (Å²) in [5, 5.41) is 6.80. The fourth-order valence-electron chi connectivity index (χ4n) is 3.15. The number of H-pyrrole nitrogens is 2. The van der Waals surface area contributed by atoms with Gasteiger partial charge in [-0.2, -0.15) is 18.3 Å². The van der Waals surface area contributed by atoms with Crippen LogP contribution < -0.4 is 0 Å². The molecular formula is C16H20F3N5O. The van der Waals surface area contributed by atoms with Crippen LogP contribution in [0, 0.1) is 0 Å². The second-order valence-corrected chi connectivity index (χ2v) is 6.62. The average Bonchev–Trinajstić information content (AvgIpc) is 3.23. The van der Waals surface area contributed by atoms with Crippen LogP contribution in [0.15, 0.2) is 12.4 Å². The van der Waals surface area contributed by atoms with Crippen LogP contribution >= 0.6 is 0 Å². The standard InChI is InChI=1S/C16H20F3N5O/c1-9(2)13-11(6-21-23-13)15(25)24-5-3-4-10(8-24)14-20-7-12(22-14)16(17,18)19/h6-7,9-10H,3-5,8H2,1-2H3,(H,20,22)(H,21,23). The number of halogens is 3. The third-order valence-electron chi connectivity index (χ3n) is 4.47. The predicted molar refractivity (Wildman–Crippen MR) is 84.1 cm³/mol. The van der Waals surface area contributed by atoms with E-state index in [0.717, 1.165) is 11.9 Å². The molecule has 0 spiro atoms. The Hall–Kier alpha value is -2.32. The molecule has 0 aliphatic carbocycles. The van der Waals surface area contributed by atoms with Crippen molar-refractivity contribution >= 4 is 5.91 Å². The van der Waals surface area contributed by atoms with Crippen LogP contribution in [-0.4, -0.2) is 44.1 Å². The molecule has 0 saturated carbocycles. The third-order valence-corrected chi connectivity index (χ3v) is 4.47. The van der Waals surface area contributed by atoms with Gasteiger partial charge < -0.3 is 9.88 Å². The lowest BCUT2D eigenvalue weighted by Crippen LogP contribution is -2.39. The molecule has 25 heavy (non-hydrogen) atoms. The molecule has 136 valence electrons. The van der Waals surface area contributed by atoms with E-state index in [2.05, 4.69) is 20.2 Å². The number of carbonyl (C=O) groups is 1. The molecule has 6 nitrogen and oxygen atoms in total. The molecule has 1 unspecified atom stereocenters. The second-order valence-electron chi connectivity index (χ2n) is 6.62. The maximum Gasteiger partial charge on any atom is 0.432 e. The van der Waals surface area contributed by atoms with Gasteiger partial charge in [0.2, 0.25) is 0 Å². The number of aromatic amines is 2. The van der Waals surface area contributed by atoms with Gasteiger partial charge in [-0.1, -0.05) is 13.8 Å². The highest BCUT2D eigenvalue weighted by atomic mass is 19.4. The molecule has 1 aliphatic heterocycles. The van der Waals surface area contributed by atoms with Crippen molar-refractivity contribution in [3.05, 3.63) is 35.2 Å². The van der Waals surface area contributed by atoms with E-state index in [1.165, 1.54) is 6.20 Å². The summed E-state index contributed by atoms with van der Waals surface area (Å²) in [6.07, 6.45) is -0.721. The molecule has 0 radical (unpaired) electrons. The number of nitrogens with one attached hydrogen (secondary N) is 2. The van der Waals surface area contributed by atoms with Crippen LogP contribution in [-0.2, 0) is 6.18 Å². The number of carbonyl (C=O) groups excluding carboxylic acids is 1. The van der Waals surface area contributed by atoms with E-state index in [1.54, 1.807) is 4.90 Å². The number of imidazole rings is 1. The highest BCUT2D eigenvalue weighted by molar-refractivity contribution is 5.95. The second kappa shape index (κ2) is 6.53. The van der Waals surface area contributed by atoms with Gasteiger partial charge >= 0.3 is 6.18 Å². The first kappa shape index (κ1) is 17.5. The fraction of sp³-hybridized carbons (Fsp3) is 0.562. The van der Waals surface area contributed by atoms with E-state index in [-0.39, 0.29) is 23.6 Å². The number of nitrogens with zero attached hydrogens (tertiary/aromatic N) is 3. The van der Waals surface area contributed by atoms with Gasteiger partial charge in [-0.3, -0.25) is 9.89 Å². The van der Waals surface area contributed by atoms with E-state index >= 15 is 0 Å². The Bertz CT molecular complexity index is 749. The van der Waals surface area contributed by atoms with Crippen molar-refractivity contribution in [1.82, 2.24) is 25.1 Å². The van der Waals surface area contributed by atoms with Crippen LogP contribution in [0.1, 0.15) is 66.1 Å². The van der Waals surface area contributed by atoms with Crippen molar-refractivity contribution < 1.29 is 18.0 Å². The van der Waals surface area contributed by atoms with E-state index in [0.29, 0.717) is 31.5 Å². The Kier molecular flexibility index (Phi) is 4.57. The number of amides is 1. The van der Waals surface area contributed by atoms with Gasteiger partial charge in [-0.25, -0.2) is 4.98 Å². The molecule has 1 saturated heterocycles. The monoisotopic (exact) mass is 355 g/mol. The average molecular weight is 355 g/mol. The van der Waals surface area contributed by atoms with Crippen LogP contribution in [0.4, 0.5) is 13.2 Å². The summed E-state index contributed by atoms with van der Waals surface area (Å²) >= 11 is 0. The smallest absolute Gasteiger partial charge is 0.338 e. The van der Waals surface area contributed by atoms with E-state index in [4.69, 9.17) is 0 Å². The lowest BCUT2D eigenvalue weighted by atomic mass is 9.96. The number of likely N-dealkylation sites (tertiary alicyclic amines) is 1.